The maximum Gasteiger partial charge on any atom is 0.125 e. The molecule has 0 fully saturated rings. The minimum Gasteiger partial charge on any atom is -0.490 e. The van der Waals surface area contributed by atoms with Crippen molar-refractivity contribution in [2.24, 2.45) is 0 Å². The molecule has 102 valence electrons. The van der Waals surface area contributed by atoms with Crippen molar-refractivity contribution in [3.63, 3.8) is 0 Å². The lowest BCUT2D eigenvalue weighted by atomic mass is 10.1. The first-order valence-corrected chi connectivity index (χ1v) is 7.24. The summed E-state index contributed by atoms with van der Waals surface area (Å²) in [4.78, 5) is 0. The maximum absolute atomic E-state index is 9.91. The number of aliphatic hydroxyl groups is 1. The predicted octanol–water partition coefficient (Wildman–Crippen LogP) is 3.22. The van der Waals surface area contributed by atoms with Gasteiger partial charge in [-0.05, 0) is 36.4 Å². The third-order valence-corrected chi connectivity index (χ3v) is 3.58. The molecule has 0 radical (unpaired) electrons. The molecule has 2 N–H and O–H groups in total. The Morgan fingerprint density at radius 3 is 2.63 bits per heavy atom. The van der Waals surface area contributed by atoms with E-state index >= 15 is 0 Å². The van der Waals surface area contributed by atoms with Crippen LogP contribution in [0.1, 0.15) is 11.1 Å². The van der Waals surface area contributed by atoms with Crippen molar-refractivity contribution in [2.45, 2.75) is 20.0 Å². The van der Waals surface area contributed by atoms with Crippen LogP contribution in [0.25, 0.3) is 0 Å². The molecule has 1 aromatic carbocycles. The van der Waals surface area contributed by atoms with Gasteiger partial charge in [-0.25, -0.2) is 0 Å². The van der Waals surface area contributed by atoms with Gasteiger partial charge in [-0.3, -0.25) is 0 Å². The number of thiophene rings is 1. The molecule has 2 aromatic rings. The van der Waals surface area contributed by atoms with Gasteiger partial charge in [0, 0.05) is 17.6 Å². The Morgan fingerprint density at radius 1 is 1.26 bits per heavy atom. The smallest absolute Gasteiger partial charge is 0.125 e. The summed E-state index contributed by atoms with van der Waals surface area (Å²) in [6.07, 6.45) is -0.529. The van der Waals surface area contributed by atoms with E-state index in [4.69, 9.17) is 4.74 Å². The standard InChI is InChI=1S/C15H19NO2S/c1-11-4-3-5-12(2)15(11)18-9-14(17)8-16-13-6-7-19-10-13/h3-7,10,14,16-17H,8-9H2,1-2H3. The van der Waals surface area contributed by atoms with Crippen molar-refractivity contribution in [3.05, 3.63) is 46.2 Å². The third kappa shape index (κ3) is 3.98. The Kier molecular flexibility index (Phi) is 4.82. The summed E-state index contributed by atoms with van der Waals surface area (Å²) in [5, 5.41) is 17.1. The molecule has 0 spiro atoms. The number of nitrogens with one attached hydrogen (secondary N) is 1. The lowest BCUT2D eigenvalue weighted by Crippen LogP contribution is -2.26. The fourth-order valence-electron chi connectivity index (χ4n) is 1.87. The van der Waals surface area contributed by atoms with Crippen LogP contribution in [-0.2, 0) is 0 Å². The first-order chi connectivity index (χ1) is 9.16. The van der Waals surface area contributed by atoms with Crippen molar-refractivity contribution in [2.75, 3.05) is 18.5 Å². The van der Waals surface area contributed by atoms with E-state index < -0.39 is 6.10 Å². The topological polar surface area (TPSA) is 41.5 Å². The number of rotatable bonds is 6. The van der Waals surface area contributed by atoms with E-state index in [9.17, 15) is 5.11 Å². The molecule has 0 aliphatic carbocycles. The van der Waals surface area contributed by atoms with Crippen molar-refractivity contribution < 1.29 is 9.84 Å². The van der Waals surface area contributed by atoms with Crippen LogP contribution >= 0.6 is 11.3 Å². The van der Waals surface area contributed by atoms with E-state index in [1.54, 1.807) is 11.3 Å². The van der Waals surface area contributed by atoms with Crippen LogP contribution in [0.2, 0.25) is 0 Å². The molecular weight excluding hydrogens is 258 g/mol. The molecule has 0 aliphatic heterocycles. The molecule has 1 unspecified atom stereocenters. The fourth-order valence-corrected chi connectivity index (χ4v) is 2.48. The Hall–Kier alpha value is -1.52. The first kappa shape index (κ1) is 13.9. The van der Waals surface area contributed by atoms with Gasteiger partial charge in [0.05, 0.1) is 0 Å². The highest BCUT2D eigenvalue weighted by Crippen LogP contribution is 2.22. The van der Waals surface area contributed by atoms with Crippen LogP contribution in [0.15, 0.2) is 35.0 Å². The van der Waals surface area contributed by atoms with Gasteiger partial charge in [0.1, 0.15) is 18.5 Å². The molecule has 19 heavy (non-hydrogen) atoms. The summed E-state index contributed by atoms with van der Waals surface area (Å²) in [5.41, 5.74) is 3.23. The molecule has 4 heteroatoms. The molecule has 1 aromatic heterocycles. The molecule has 1 atom stereocenters. The monoisotopic (exact) mass is 277 g/mol. The summed E-state index contributed by atoms with van der Waals surface area (Å²) >= 11 is 1.63. The van der Waals surface area contributed by atoms with Gasteiger partial charge < -0.3 is 15.2 Å². The number of ether oxygens (including phenoxy) is 1. The molecule has 0 saturated carbocycles. The van der Waals surface area contributed by atoms with Gasteiger partial charge in [-0.2, -0.15) is 11.3 Å². The van der Waals surface area contributed by atoms with Gasteiger partial charge >= 0.3 is 0 Å². The van der Waals surface area contributed by atoms with Crippen molar-refractivity contribution in [3.8, 4) is 5.75 Å². The Balaban J connectivity index is 1.81. The minimum absolute atomic E-state index is 0.294. The van der Waals surface area contributed by atoms with Crippen LogP contribution in [-0.4, -0.2) is 24.4 Å². The van der Waals surface area contributed by atoms with Crippen LogP contribution in [0.3, 0.4) is 0 Å². The SMILES string of the molecule is Cc1cccc(C)c1OCC(O)CNc1ccsc1. The van der Waals surface area contributed by atoms with Crippen LogP contribution in [0.4, 0.5) is 5.69 Å². The number of para-hydroxylation sites is 1. The quantitative estimate of drug-likeness (QED) is 0.852. The van der Waals surface area contributed by atoms with Gasteiger partial charge in [0.2, 0.25) is 0 Å². The highest BCUT2D eigenvalue weighted by molar-refractivity contribution is 7.08. The molecular formula is C15H19NO2S. The van der Waals surface area contributed by atoms with E-state index in [2.05, 4.69) is 5.32 Å². The van der Waals surface area contributed by atoms with E-state index in [1.807, 2.05) is 48.9 Å². The summed E-state index contributed by atoms with van der Waals surface area (Å²) in [5.74, 6) is 0.872. The van der Waals surface area contributed by atoms with Crippen LogP contribution < -0.4 is 10.1 Å². The molecule has 1 heterocycles. The van der Waals surface area contributed by atoms with Crippen LogP contribution in [0.5, 0.6) is 5.75 Å². The first-order valence-electron chi connectivity index (χ1n) is 6.30. The lowest BCUT2D eigenvalue weighted by molar-refractivity contribution is 0.117. The van der Waals surface area contributed by atoms with Gasteiger partial charge in [-0.15, -0.1) is 0 Å². The average molecular weight is 277 g/mol. The number of aliphatic hydroxyl groups excluding tert-OH is 1. The second-order valence-electron chi connectivity index (χ2n) is 4.58. The number of anilines is 1. The number of benzene rings is 1. The molecule has 0 saturated heterocycles. The van der Waals surface area contributed by atoms with E-state index in [0.29, 0.717) is 13.2 Å². The van der Waals surface area contributed by atoms with Gasteiger partial charge in [0.25, 0.3) is 0 Å². The Bertz CT molecular complexity index is 491. The summed E-state index contributed by atoms with van der Waals surface area (Å²) in [7, 11) is 0. The zero-order valence-electron chi connectivity index (χ0n) is 11.2. The molecule has 3 nitrogen and oxygen atoms in total. The largest absolute Gasteiger partial charge is 0.490 e. The number of hydrogen-bond acceptors (Lipinski definition) is 4. The summed E-state index contributed by atoms with van der Waals surface area (Å²) in [6, 6.07) is 8.02. The van der Waals surface area contributed by atoms with E-state index in [-0.39, 0.29) is 0 Å². The van der Waals surface area contributed by atoms with Crippen molar-refractivity contribution >= 4 is 17.0 Å². The highest BCUT2D eigenvalue weighted by atomic mass is 32.1. The molecule has 0 bridgehead atoms. The Labute approximate surface area is 117 Å². The van der Waals surface area contributed by atoms with Crippen molar-refractivity contribution in [1.82, 2.24) is 0 Å². The molecule has 2 rings (SSSR count). The van der Waals surface area contributed by atoms with E-state index in [0.717, 1.165) is 22.6 Å². The molecule has 0 aliphatic rings. The normalized spacial score (nSPS) is 12.2. The van der Waals surface area contributed by atoms with Crippen LogP contribution in [0, 0.1) is 13.8 Å². The predicted molar refractivity (Wildman–Crippen MR) is 80.2 cm³/mol. The molecule has 0 amide bonds. The highest BCUT2D eigenvalue weighted by Gasteiger charge is 2.08. The second kappa shape index (κ2) is 6.59. The summed E-state index contributed by atoms with van der Waals surface area (Å²) in [6.45, 7) is 4.81. The lowest BCUT2D eigenvalue weighted by Gasteiger charge is -2.16. The third-order valence-electron chi connectivity index (χ3n) is 2.89. The average Bonchev–Trinajstić information content (AvgIpc) is 2.89. The summed E-state index contributed by atoms with van der Waals surface area (Å²) < 4.78 is 5.71. The fraction of sp³-hybridized carbons (Fsp3) is 0.333. The maximum atomic E-state index is 9.91. The zero-order valence-corrected chi connectivity index (χ0v) is 12.0. The number of aryl methyl sites for hydroxylation is 2. The Morgan fingerprint density at radius 2 is 2.00 bits per heavy atom. The van der Waals surface area contributed by atoms with Gasteiger partial charge in [0.15, 0.2) is 0 Å². The number of hydrogen-bond donors (Lipinski definition) is 2. The minimum atomic E-state index is -0.529. The zero-order chi connectivity index (χ0) is 13.7. The van der Waals surface area contributed by atoms with E-state index in [1.165, 1.54) is 0 Å². The van der Waals surface area contributed by atoms with Gasteiger partial charge in [-0.1, -0.05) is 18.2 Å². The van der Waals surface area contributed by atoms with Crippen molar-refractivity contribution in [1.29, 1.82) is 0 Å². The second-order valence-corrected chi connectivity index (χ2v) is 5.36.